The number of aliphatic hydroxyl groups excluding tert-OH is 1. The Labute approximate surface area is 129 Å². The molecule has 0 unspecified atom stereocenters. The maximum absolute atomic E-state index is 12.5. The fourth-order valence-corrected chi connectivity index (χ4v) is 2.37. The average Bonchev–Trinajstić information content (AvgIpc) is 2.56. The van der Waals surface area contributed by atoms with Crippen LogP contribution in [0, 0.1) is 0 Å². The van der Waals surface area contributed by atoms with Crippen molar-refractivity contribution >= 4 is 0 Å². The van der Waals surface area contributed by atoms with Gasteiger partial charge in [0, 0.05) is 31.4 Å². The van der Waals surface area contributed by atoms with Crippen LogP contribution in [-0.2, 0) is 17.9 Å². The number of hydrogen-bond acceptors (Lipinski definition) is 4. The molecule has 1 aromatic heterocycles. The van der Waals surface area contributed by atoms with Crippen LogP contribution in [0.4, 0.5) is 0 Å². The van der Waals surface area contributed by atoms with E-state index < -0.39 is 0 Å². The van der Waals surface area contributed by atoms with Crippen LogP contribution >= 0.6 is 0 Å². The second-order valence-corrected chi connectivity index (χ2v) is 4.94. The summed E-state index contributed by atoms with van der Waals surface area (Å²) >= 11 is 0. The van der Waals surface area contributed by atoms with E-state index in [1.54, 1.807) is 24.9 Å². The molecule has 1 heterocycles. The fourth-order valence-electron chi connectivity index (χ4n) is 2.37. The Morgan fingerprint density at radius 1 is 1.18 bits per heavy atom. The van der Waals surface area contributed by atoms with E-state index in [0.717, 1.165) is 23.4 Å². The molecule has 118 valence electrons. The lowest BCUT2D eigenvalue weighted by atomic mass is 10.1. The van der Waals surface area contributed by atoms with Gasteiger partial charge in [-0.2, -0.15) is 0 Å². The standard InChI is InChI=1S/C17H21NO4/c1-21-10-4-9-18-16(8-7-14(12-19)17(18)20)13-5-3-6-15(11-13)22-2/h3,5-8,11,19H,4,9-10,12H2,1-2H3. The van der Waals surface area contributed by atoms with E-state index >= 15 is 0 Å². The molecule has 0 saturated heterocycles. The predicted molar refractivity (Wildman–Crippen MR) is 85.1 cm³/mol. The van der Waals surface area contributed by atoms with Gasteiger partial charge in [-0.1, -0.05) is 12.1 Å². The molecule has 0 amide bonds. The fraction of sp³-hybridized carbons (Fsp3) is 0.353. The summed E-state index contributed by atoms with van der Waals surface area (Å²) in [7, 11) is 3.25. The van der Waals surface area contributed by atoms with Gasteiger partial charge in [0.05, 0.1) is 19.4 Å². The summed E-state index contributed by atoms with van der Waals surface area (Å²) in [5.41, 5.74) is 1.93. The van der Waals surface area contributed by atoms with E-state index in [0.29, 0.717) is 18.7 Å². The number of hydrogen-bond donors (Lipinski definition) is 1. The zero-order chi connectivity index (χ0) is 15.9. The summed E-state index contributed by atoms with van der Waals surface area (Å²) in [5.74, 6) is 0.736. The normalized spacial score (nSPS) is 10.7. The molecule has 0 bridgehead atoms. The lowest BCUT2D eigenvalue weighted by molar-refractivity contribution is 0.190. The van der Waals surface area contributed by atoms with Gasteiger partial charge in [-0.3, -0.25) is 4.79 Å². The SMILES string of the molecule is COCCCn1c(-c2cccc(OC)c2)ccc(CO)c1=O. The maximum Gasteiger partial charge on any atom is 0.256 e. The Balaban J connectivity index is 2.49. The molecule has 1 aromatic carbocycles. The summed E-state index contributed by atoms with van der Waals surface area (Å²) in [6.45, 7) is 0.849. The van der Waals surface area contributed by atoms with Crippen molar-refractivity contribution in [3.05, 3.63) is 52.3 Å². The third kappa shape index (κ3) is 3.55. The summed E-state index contributed by atoms with van der Waals surface area (Å²) in [4.78, 5) is 12.5. The van der Waals surface area contributed by atoms with Gasteiger partial charge in [0.15, 0.2) is 0 Å². The molecule has 0 fully saturated rings. The highest BCUT2D eigenvalue weighted by Crippen LogP contribution is 2.23. The van der Waals surface area contributed by atoms with Gasteiger partial charge in [0.1, 0.15) is 5.75 Å². The number of aromatic nitrogens is 1. The monoisotopic (exact) mass is 303 g/mol. The van der Waals surface area contributed by atoms with Crippen LogP contribution in [-0.4, -0.2) is 30.5 Å². The first-order valence-corrected chi connectivity index (χ1v) is 7.18. The highest BCUT2D eigenvalue weighted by atomic mass is 16.5. The van der Waals surface area contributed by atoms with Gasteiger partial charge in [-0.25, -0.2) is 0 Å². The van der Waals surface area contributed by atoms with Gasteiger partial charge >= 0.3 is 0 Å². The van der Waals surface area contributed by atoms with Crippen molar-refractivity contribution in [2.45, 2.75) is 19.6 Å². The molecule has 0 spiro atoms. The molecule has 0 radical (unpaired) electrons. The summed E-state index contributed by atoms with van der Waals surface area (Å²) < 4.78 is 12.0. The van der Waals surface area contributed by atoms with Crippen LogP contribution < -0.4 is 10.3 Å². The molecule has 0 aliphatic heterocycles. The first-order valence-electron chi connectivity index (χ1n) is 7.18. The van der Waals surface area contributed by atoms with E-state index in [1.807, 2.05) is 30.3 Å². The van der Waals surface area contributed by atoms with Crippen molar-refractivity contribution in [1.29, 1.82) is 0 Å². The molecular formula is C17H21NO4. The van der Waals surface area contributed by atoms with Gasteiger partial charge < -0.3 is 19.1 Å². The van der Waals surface area contributed by atoms with E-state index in [-0.39, 0.29) is 12.2 Å². The minimum atomic E-state index is -0.262. The molecule has 0 aliphatic rings. The predicted octanol–water partition coefficient (Wildman–Crippen LogP) is 2.05. The van der Waals surface area contributed by atoms with Gasteiger partial charge in [-0.15, -0.1) is 0 Å². The van der Waals surface area contributed by atoms with Crippen molar-refractivity contribution in [3.8, 4) is 17.0 Å². The molecular weight excluding hydrogens is 282 g/mol. The van der Waals surface area contributed by atoms with E-state index in [1.165, 1.54) is 0 Å². The number of rotatable bonds is 7. The van der Waals surface area contributed by atoms with E-state index in [4.69, 9.17) is 9.47 Å². The van der Waals surface area contributed by atoms with Crippen LogP contribution in [0.25, 0.3) is 11.3 Å². The molecule has 1 N–H and O–H groups in total. The largest absolute Gasteiger partial charge is 0.497 e. The van der Waals surface area contributed by atoms with E-state index in [2.05, 4.69) is 0 Å². The summed E-state index contributed by atoms with van der Waals surface area (Å²) in [6.07, 6.45) is 0.724. The smallest absolute Gasteiger partial charge is 0.256 e. The molecule has 2 aromatic rings. The maximum atomic E-state index is 12.5. The Bertz CT molecular complexity index is 679. The van der Waals surface area contributed by atoms with Gasteiger partial charge in [0.25, 0.3) is 5.56 Å². The van der Waals surface area contributed by atoms with Crippen LogP contribution in [0.15, 0.2) is 41.2 Å². The molecule has 2 rings (SSSR count). The number of nitrogens with zero attached hydrogens (tertiary/aromatic N) is 1. The lowest BCUT2D eigenvalue weighted by Gasteiger charge is -2.15. The average molecular weight is 303 g/mol. The number of methoxy groups -OCH3 is 2. The molecule has 0 saturated carbocycles. The first-order chi connectivity index (χ1) is 10.7. The third-order valence-corrected chi connectivity index (χ3v) is 3.52. The van der Waals surface area contributed by atoms with Gasteiger partial charge in [0.2, 0.25) is 0 Å². The zero-order valence-electron chi connectivity index (χ0n) is 12.9. The second-order valence-electron chi connectivity index (χ2n) is 4.94. The van der Waals surface area contributed by atoms with Crippen molar-refractivity contribution in [1.82, 2.24) is 4.57 Å². The van der Waals surface area contributed by atoms with Crippen molar-refractivity contribution in [3.63, 3.8) is 0 Å². The Hall–Kier alpha value is -2.11. The second kappa shape index (κ2) is 7.77. The Morgan fingerprint density at radius 2 is 2.00 bits per heavy atom. The van der Waals surface area contributed by atoms with Crippen molar-refractivity contribution in [2.75, 3.05) is 20.8 Å². The van der Waals surface area contributed by atoms with E-state index in [9.17, 15) is 9.90 Å². The van der Waals surface area contributed by atoms with Crippen LogP contribution in [0.1, 0.15) is 12.0 Å². The molecule has 0 aliphatic carbocycles. The minimum Gasteiger partial charge on any atom is -0.497 e. The van der Waals surface area contributed by atoms with Crippen LogP contribution in [0.3, 0.4) is 0 Å². The number of benzene rings is 1. The number of pyridine rings is 1. The topological polar surface area (TPSA) is 60.7 Å². The lowest BCUT2D eigenvalue weighted by Crippen LogP contribution is -2.25. The minimum absolute atomic E-state index is 0.168. The number of aliphatic hydroxyl groups is 1. The number of ether oxygens (including phenoxy) is 2. The van der Waals surface area contributed by atoms with Gasteiger partial charge in [-0.05, 0) is 30.7 Å². The quantitative estimate of drug-likeness (QED) is 0.795. The Morgan fingerprint density at radius 3 is 2.68 bits per heavy atom. The third-order valence-electron chi connectivity index (χ3n) is 3.52. The van der Waals surface area contributed by atoms with Crippen molar-refractivity contribution < 1.29 is 14.6 Å². The molecule has 5 heteroatoms. The molecule has 22 heavy (non-hydrogen) atoms. The highest BCUT2D eigenvalue weighted by molar-refractivity contribution is 5.62. The zero-order valence-corrected chi connectivity index (χ0v) is 12.9. The molecule has 0 atom stereocenters. The Kier molecular flexibility index (Phi) is 5.75. The summed E-state index contributed by atoms with van der Waals surface area (Å²) in [6, 6.07) is 11.1. The molecule has 5 nitrogen and oxygen atoms in total. The first kappa shape index (κ1) is 16.3. The van der Waals surface area contributed by atoms with Crippen molar-refractivity contribution in [2.24, 2.45) is 0 Å². The summed E-state index contributed by atoms with van der Waals surface area (Å²) in [5, 5.41) is 9.30. The van der Waals surface area contributed by atoms with Crippen LogP contribution in [0.5, 0.6) is 5.75 Å². The van der Waals surface area contributed by atoms with Crippen LogP contribution in [0.2, 0.25) is 0 Å². The highest BCUT2D eigenvalue weighted by Gasteiger charge is 2.10.